The Kier molecular flexibility index (Phi) is 7.00. The van der Waals surface area contributed by atoms with E-state index >= 15 is 0 Å². The molecule has 1 spiro atoms. The van der Waals surface area contributed by atoms with Gasteiger partial charge < -0.3 is 20.1 Å². The SMILES string of the molecule is COC(=O)c1ccc(OCc2ccccc2)c(NC(=O)C2CC23CCNCC3)c1.Cl. The van der Waals surface area contributed by atoms with E-state index in [0.29, 0.717) is 23.6 Å². The molecule has 1 amide bonds. The molecule has 1 aliphatic heterocycles. The number of nitrogens with one attached hydrogen (secondary N) is 2. The average Bonchev–Trinajstić information content (AvgIpc) is 3.46. The van der Waals surface area contributed by atoms with Crippen LogP contribution < -0.4 is 15.4 Å². The van der Waals surface area contributed by atoms with Crippen molar-refractivity contribution in [3.63, 3.8) is 0 Å². The second-order valence-electron chi connectivity index (χ2n) is 7.84. The number of piperidine rings is 1. The largest absolute Gasteiger partial charge is 0.487 e. The number of rotatable bonds is 6. The number of carbonyl (C=O) groups is 2. The first kappa shape index (κ1) is 22.1. The van der Waals surface area contributed by atoms with E-state index < -0.39 is 5.97 Å². The highest BCUT2D eigenvalue weighted by atomic mass is 35.5. The first-order valence-electron chi connectivity index (χ1n) is 10.0. The molecule has 2 aromatic carbocycles. The summed E-state index contributed by atoms with van der Waals surface area (Å²) in [5.41, 5.74) is 2.05. The van der Waals surface area contributed by atoms with Gasteiger partial charge in [0, 0.05) is 5.92 Å². The summed E-state index contributed by atoms with van der Waals surface area (Å²) < 4.78 is 10.8. The topological polar surface area (TPSA) is 76.7 Å². The highest BCUT2D eigenvalue weighted by Gasteiger charge is 2.57. The quantitative estimate of drug-likeness (QED) is 0.681. The molecule has 2 aliphatic rings. The van der Waals surface area contributed by atoms with Crippen LogP contribution in [0.3, 0.4) is 0 Å². The van der Waals surface area contributed by atoms with Crippen LogP contribution in [0.1, 0.15) is 35.2 Å². The van der Waals surface area contributed by atoms with Crippen LogP contribution in [0.4, 0.5) is 5.69 Å². The zero-order valence-electron chi connectivity index (χ0n) is 17.0. The molecule has 1 atom stereocenters. The molecule has 4 rings (SSSR count). The van der Waals surface area contributed by atoms with Gasteiger partial charge in [0.15, 0.2) is 0 Å². The van der Waals surface area contributed by atoms with Crippen molar-refractivity contribution in [1.29, 1.82) is 0 Å². The molecular weight excluding hydrogens is 404 g/mol. The van der Waals surface area contributed by atoms with Crippen molar-refractivity contribution < 1.29 is 19.1 Å². The number of carbonyl (C=O) groups excluding carboxylic acids is 2. The molecule has 1 saturated heterocycles. The lowest BCUT2D eigenvalue weighted by atomic mass is 9.92. The fraction of sp³-hybridized carbons (Fsp3) is 0.391. The summed E-state index contributed by atoms with van der Waals surface area (Å²) in [6, 6.07) is 14.8. The van der Waals surface area contributed by atoms with Gasteiger partial charge in [-0.3, -0.25) is 4.79 Å². The van der Waals surface area contributed by atoms with Gasteiger partial charge in [0.2, 0.25) is 5.91 Å². The maximum Gasteiger partial charge on any atom is 0.337 e. The molecule has 7 heteroatoms. The van der Waals surface area contributed by atoms with Gasteiger partial charge >= 0.3 is 5.97 Å². The maximum absolute atomic E-state index is 12.9. The molecule has 2 N–H and O–H groups in total. The van der Waals surface area contributed by atoms with Crippen LogP contribution >= 0.6 is 12.4 Å². The van der Waals surface area contributed by atoms with E-state index in [1.54, 1.807) is 18.2 Å². The third-order valence-electron chi connectivity index (χ3n) is 6.00. The maximum atomic E-state index is 12.9. The van der Waals surface area contributed by atoms with Gasteiger partial charge in [-0.25, -0.2) is 4.79 Å². The van der Waals surface area contributed by atoms with Crippen molar-refractivity contribution in [3.8, 4) is 5.75 Å². The minimum Gasteiger partial charge on any atom is -0.487 e. The van der Waals surface area contributed by atoms with Crippen LogP contribution in [-0.4, -0.2) is 32.1 Å². The molecule has 1 unspecified atom stereocenters. The Morgan fingerprint density at radius 2 is 1.87 bits per heavy atom. The molecule has 2 fully saturated rings. The van der Waals surface area contributed by atoms with Crippen LogP contribution in [0.15, 0.2) is 48.5 Å². The predicted octanol–water partition coefficient (Wildman–Crippen LogP) is 3.80. The summed E-state index contributed by atoms with van der Waals surface area (Å²) >= 11 is 0. The zero-order chi connectivity index (χ0) is 20.3. The fourth-order valence-corrected chi connectivity index (χ4v) is 4.15. The Labute approximate surface area is 182 Å². The van der Waals surface area contributed by atoms with E-state index in [4.69, 9.17) is 9.47 Å². The molecule has 0 bridgehead atoms. The molecule has 160 valence electrons. The van der Waals surface area contributed by atoms with Gasteiger partial charge in [-0.2, -0.15) is 0 Å². The van der Waals surface area contributed by atoms with Gasteiger partial charge in [-0.05, 0) is 61.5 Å². The van der Waals surface area contributed by atoms with Crippen molar-refractivity contribution in [2.45, 2.75) is 25.9 Å². The number of esters is 1. The minimum absolute atomic E-state index is 0. The lowest BCUT2D eigenvalue weighted by Gasteiger charge is -2.23. The molecule has 30 heavy (non-hydrogen) atoms. The summed E-state index contributed by atoms with van der Waals surface area (Å²) in [5.74, 6) is 0.109. The molecule has 1 aliphatic carbocycles. The van der Waals surface area contributed by atoms with E-state index in [1.807, 2.05) is 30.3 Å². The third kappa shape index (κ3) is 4.77. The monoisotopic (exact) mass is 430 g/mol. The Hall–Kier alpha value is -2.57. The highest BCUT2D eigenvalue weighted by molar-refractivity contribution is 5.98. The third-order valence-corrected chi connectivity index (χ3v) is 6.00. The molecule has 2 aromatic rings. The van der Waals surface area contributed by atoms with Crippen LogP contribution in [-0.2, 0) is 16.1 Å². The molecular formula is C23H27ClN2O4. The average molecular weight is 431 g/mol. The normalized spacial score (nSPS) is 18.8. The van der Waals surface area contributed by atoms with Crippen LogP contribution in [0.5, 0.6) is 5.75 Å². The molecule has 0 radical (unpaired) electrons. The standard InChI is InChI=1S/C23H26N2O4.ClH/c1-28-22(27)17-7-8-20(29-15-16-5-3-2-4-6-16)19(13-17)25-21(26)18-14-23(18)9-11-24-12-10-23;/h2-8,13,18,24H,9-12,14-15H2,1H3,(H,25,26);1H. The number of anilines is 1. The molecule has 1 saturated carbocycles. The number of hydrogen-bond donors (Lipinski definition) is 2. The fourth-order valence-electron chi connectivity index (χ4n) is 4.15. The predicted molar refractivity (Wildman–Crippen MR) is 117 cm³/mol. The highest BCUT2D eigenvalue weighted by Crippen LogP contribution is 2.58. The number of ether oxygens (including phenoxy) is 2. The van der Waals surface area contributed by atoms with E-state index in [-0.39, 0.29) is 29.6 Å². The minimum atomic E-state index is -0.448. The summed E-state index contributed by atoms with van der Waals surface area (Å²) in [7, 11) is 1.34. The summed E-state index contributed by atoms with van der Waals surface area (Å²) in [6.45, 7) is 2.31. The number of halogens is 1. The van der Waals surface area contributed by atoms with Crippen LogP contribution in [0, 0.1) is 11.3 Å². The van der Waals surface area contributed by atoms with Gasteiger partial charge in [-0.1, -0.05) is 30.3 Å². The summed E-state index contributed by atoms with van der Waals surface area (Å²) in [5, 5.41) is 6.36. The molecule has 6 nitrogen and oxygen atoms in total. The van der Waals surface area contributed by atoms with E-state index in [9.17, 15) is 9.59 Å². The number of methoxy groups -OCH3 is 1. The van der Waals surface area contributed by atoms with Crippen molar-refractivity contribution in [2.75, 3.05) is 25.5 Å². The zero-order valence-corrected chi connectivity index (χ0v) is 17.8. The lowest BCUT2D eigenvalue weighted by Crippen LogP contribution is -2.31. The summed E-state index contributed by atoms with van der Waals surface area (Å²) in [6.07, 6.45) is 2.99. The molecule has 0 aromatic heterocycles. The molecule has 1 heterocycles. The van der Waals surface area contributed by atoms with Crippen molar-refractivity contribution in [2.24, 2.45) is 11.3 Å². The Bertz CT molecular complexity index is 897. The second kappa shape index (κ2) is 9.49. The van der Waals surface area contributed by atoms with Crippen molar-refractivity contribution in [1.82, 2.24) is 5.32 Å². The number of hydrogen-bond acceptors (Lipinski definition) is 5. The first-order chi connectivity index (χ1) is 14.1. The van der Waals surface area contributed by atoms with E-state index in [0.717, 1.165) is 37.9 Å². The van der Waals surface area contributed by atoms with Crippen molar-refractivity contribution in [3.05, 3.63) is 59.7 Å². The lowest BCUT2D eigenvalue weighted by molar-refractivity contribution is -0.118. The van der Waals surface area contributed by atoms with E-state index in [1.165, 1.54) is 7.11 Å². The Balaban J connectivity index is 0.00000256. The van der Waals surface area contributed by atoms with Gasteiger partial charge in [-0.15, -0.1) is 12.4 Å². The van der Waals surface area contributed by atoms with Gasteiger partial charge in [0.05, 0.1) is 18.4 Å². The Morgan fingerprint density at radius 3 is 2.57 bits per heavy atom. The van der Waals surface area contributed by atoms with Gasteiger partial charge in [0.1, 0.15) is 12.4 Å². The first-order valence-corrected chi connectivity index (χ1v) is 10.0. The number of amides is 1. The Morgan fingerprint density at radius 1 is 1.13 bits per heavy atom. The van der Waals surface area contributed by atoms with E-state index in [2.05, 4.69) is 10.6 Å². The number of benzene rings is 2. The van der Waals surface area contributed by atoms with Crippen LogP contribution in [0.25, 0.3) is 0 Å². The van der Waals surface area contributed by atoms with Gasteiger partial charge in [0.25, 0.3) is 0 Å². The smallest absolute Gasteiger partial charge is 0.337 e. The summed E-state index contributed by atoms with van der Waals surface area (Å²) in [4.78, 5) is 24.9. The van der Waals surface area contributed by atoms with Crippen LogP contribution in [0.2, 0.25) is 0 Å². The second-order valence-corrected chi connectivity index (χ2v) is 7.84. The van der Waals surface area contributed by atoms with Crippen molar-refractivity contribution >= 4 is 30.0 Å².